The number of fused-ring (bicyclic) bond motifs is 1. The van der Waals surface area contributed by atoms with Crippen molar-refractivity contribution < 1.29 is 14.7 Å². The maximum absolute atomic E-state index is 11.3. The zero-order valence-electron chi connectivity index (χ0n) is 11.2. The zero-order valence-corrected chi connectivity index (χ0v) is 12.0. The van der Waals surface area contributed by atoms with Crippen LogP contribution >= 0.6 is 11.8 Å². The first-order valence-corrected chi connectivity index (χ1v) is 7.58. The number of hydrogen-bond donors (Lipinski definition) is 2. The van der Waals surface area contributed by atoms with Crippen LogP contribution in [0, 0.1) is 0 Å². The smallest absolute Gasteiger partial charge is 0.313 e. The predicted octanol–water partition coefficient (Wildman–Crippen LogP) is 1.06. The molecule has 2 N–H and O–H groups in total. The van der Waals surface area contributed by atoms with Gasteiger partial charge in [0.25, 0.3) is 0 Å². The molecule has 3 rings (SSSR count). The van der Waals surface area contributed by atoms with Crippen molar-refractivity contribution >= 4 is 34.8 Å². The molecule has 0 aromatic carbocycles. The summed E-state index contributed by atoms with van der Waals surface area (Å²) < 4.78 is 1.95. The summed E-state index contributed by atoms with van der Waals surface area (Å²) in [5.41, 5.74) is 1.47. The lowest BCUT2D eigenvalue weighted by molar-refractivity contribution is -0.134. The summed E-state index contributed by atoms with van der Waals surface area (Å²) in [5, 5.41) is 12.3. The second-order valence-corrected chi connectivity index (χ2v) is 5.73. The highest BCUT2D eigenvalue weighted by atomic mass is 32.2. The van der Waals surface area contributed by atoms with E-state index in [1.807, 2.05) is 10.6 Å². The lowest BCUT2D eigenvalue weighted by atomic mass is 10.1. The minimum Gasteiger partial charge on any atom is -0.481 e. The molecule has 1 amide bonds. The van der Waals surface area contributed by atoms with Crippen LogP contribution in [0.3, 0.4) is 0 Å². The Morgan fingerprint density at radius 1 is 1.57 bits per heavy atom. The van der Waals surface area contributed by atoms with Gasteiger partial charge in [0.05, 0.1) is 11.8 Å². The Morgan fingerprint density at radius 3 is 3.14 bits per heavy atom. The molecule has 0 bridgehead atoms. The van der Waals surface area contributed by atoms with Crippen LogP contribution in [0.15, 0.2) is 23.5 Å². The fraction of sp³-hybridized carbons (Fsp3) is 0.385. The minimum absolute atomic E-state index is 0.0448. The van der Waals surface area contributed by atoms with E-state index in [2.05, 4.69) is 15.3 Å². The van der Waals surface area contributed by atoms with Crippen LogP contribution in [0.25, 0.3) is 11.2 Å². The molecular formula is C13H14N4O3S. The number of nitrogens with zero attached hydrogens (tertiary/aromatic N) is 3. The van der Waals surface area contributed by atoms with Crippen LogP contribution in [0.5, 0.6) is 0 Å². The van der Waals surface area contributed by atoms with E-state index in [4.69, 9.17) is 5.11 Å². The van der Waals surface area contributed by atoms with Crippen molar-refractivity contribution in [2.45, 2.75) is 24.0 Å². The summed E-state index contributed by atoms with van der Waals surface area (Å²) in [7, 11) is 0. The molecule has 3 heterocycles. The van der Waals surface area contributed by atoms with Crippen molar-refractivity contribution in [3.63, 3.8) is 0 Å². The Bertz CT molecular complexity index is 690. The first kappa shape index (κ1) is 13.9. The summed E-state index contributed by atoms with van der Waals surface area (Å²) in [6.07, 6.45) is 2.85. The number of carbonyl (C=O) groups excluding carboxylic acids is 1. The number of piperidine rings is 1. The number of aromatic nitrogens is 3. The van der Waals surface area contributed by atoms with E-state index >= 15 is 0 Å². The number of carbonyl (C=O) groups is 2. The van der Waals surface area contributed by atoms with Crippen LogP contribution in [-0.2, 0) is 9.59 Å². The molecule has 0 spiro atoms. The highest BCUT2D eigenvalue weighted by Gasteiger charge is 2.25. The number of thioether (sulfide) groups is 1. The number of pyridine rings is 1. The van der Waals surface area contributed by atoms with Gasteiger partial charge < -0.3 is 10.4 Å². The van der Waals surface area contributed by atoms with Crippen LogP contribution < -0.4 is 5.32 Å². The summed E-state index contributed by atoms with van der Waals surface area (Å²) in [5.74, 6) is -0.894. The number of nitrogens with one attached hydrogen (secondary N) is 1. The number of imidazole rings is 1. The quantitative estimate of drug-likeness (QED) is 0.820. The van der Waals surface area contributed by atoms with Crippen molar-refractivity contribution in [2.24, 2.45) is 0 Å². The van der Waals surface area contributed by atoms with Gasteiger partial charge in [-0.2, -0.15) is 0 Å². The van der Waals surface area contributed by atoms with Gasteiger partial charge in [0.1, 0.15) is 5.52 Å². The summed E-state index contributed by atoms with van der Waals surface area (Å²) in [6, 6.07) is 3.71. The standard InChI is InChI=1S/C13H14N4O3S/c18-10-4-3-8(6-15-10)17-12-9(2-1-5-14-12)16-13(17)21-7-11(19)20/h1-2,5,8H,3-4,6-7H2,(H,15,18)(H,19,20). The molecule has 1 unspecified atom stereocenters. The first-order chi connectivity index (χ1) is 10.1. The van der Waals surface area contributed by atoms with E-state index in [0.29, 0.717) is 24.5 Å². The molecule has 8 heteroatoms. The van der Waals surface area contributed by atoms with Gasteiger partial charge >= 0.3 is 5.97 Å². The number of hydrogen-bond acceptors (Lipinski definition) is 5. The third-order valence-corrected chi connectivity index (χ3v) is 4.28. The number of carboxylic acid groups (broad SMARTS) is 1. The molecular weight excluding hydrogens is 292 g/mol. The average molecular weight is 306 g/mol. The van der Waals surface area contributed by atoms with Crippen LogP contribution in [0.2, 0.25) is 0 Å². The van der Waals surface area contributed by atoms with Gasteiger partial charge in [-0.25, -0.2) is 9.97 Å². The number of carboxylic acids is 1. The molecule has 0 aliphatic carbocycles. The van der Waals surface area contributed by atoms with Gasteiger partial charge in [0.2, 0.25) is 5.91 Å². The lowest BCUT2D eigenvalue weighted by Gasteiger charge is -2.25. The van der Waals surface area contributed by atoms with Crippen molar-refractivity contribution in [1.29, 1.82) is 0 Å². The Hall–Kier alpha value is -2.09. The third kappa shape index (κ3) is 2.85. The number of rotatable bonds is 4. The Balaban J connectivity index is 1.98. The van der Waals surface area contributed by atoms with Crippen molar-refractivity contribution in [1.82, 2.24) is 19.9 Å². The van der Waals surface area contributed by atoms with E-state index in [-0.39, 0.29) is 17.7 Å². The van der Waals surface area contributed by atoms with Gasteiger partial charge in [0, 0.05) is 19.2 Å². The molecule has 1 aliphatic heterocycles. The molecule has 1 saturated heterocycles. The monoisotopic (exact) mass is 306 g/mol. The topological polar surface area (TPSA) is 97.1 Å². The van der Waals surface area contributed by atoms with Gasteiger partial charge in [0.15, 0.2) is 10.8 Å². The second kappa shape index (κ2) is 5.72. The van der Waals surface area contributed by atoms with E-state index in [0.717, 1.165) is 11.2 Å². The van der Waals surface area contributed by atoms with E-state index < -0.39 is 5.97 Å². The Kier molecular flexibility index (Phi) is 3.78. The van der Waals surface area contributed by atoms with Crippen molar-refractivity contribution in [3.8, 4) is 0 Å². The zero-order chi connectivity index (χ0) is 14.8. The van der Waals surface area contributed by atoms with Crippen molar-refractivity contribution in [3.05, 3.63) is 18.3 Å². The molecule has 1 aliphatic rings. The van der Waals surface area contributed by atoms with Crippen molar-refractivity contribution in [2.75, 3.05) is 12.3 Å². The number of aliphatic carboxylic acids is 1. The minimum atomic E-state index is -0.886. The SMILES string of the molecule is O=C(O)CSc1nc2cccnc2n1C1CCC(=O)NC1. The molecule has 0 saturated carbocycles. The Labute approximate surface area is 124 Å². The lowest BCUT2D eigenvalue weighted by Crippen LogP contribution is -2.36. The van der Waals surface area contributed by atoms with Gasteiger partial charge in [-0.05, 0) is 18.6 Å². The summed E-state index contributed by atoms with van der Waals surface area (Å²) >= 11 is 1.17. The second-order valence-electron chi connectivity index (χ2n) is 4.79. The van der Waals surface area contributed by atoms with Crippen LogP contribution in [-0.4, -0.2) is 43.8 Å². The van der Waals surface area contributed by atoms with Gasteiger partial charge in [-0.15, -0.1) is 0 Å². The normalized spacial score (nSPS) is 18.7. The first-order valence-electron chi connectivity index (χ1n) is 6.59. The highest BCUT2D eigenvalue weighted by molar-refractivity contribution is 7.99. The molecule has 1 atom stereocenters. The van der Waals surface area contributed by atoms with Crippen LogP contribution in [0.1, 0.15) is 18.9 Å². The van der Waals surface area contributed by atoms with E-state index in [1.54, 1.807) is 12.3 Å². The van der Waals surface area contributed by atoms with E-state index in [1.165, 1.54) is 11.8 Å². The molecule has 110 valence electrons. The maximum Gasteiger partial charge on any atom is 0.313 e. The fourth-order valence-corrected chi connectivity index (χ4v) is 3.20. The van der Waals surface area contributed by atoms with E-state index in [9.17, 15) is 9.59 Å². The largest absolute Gasteiger partial charge is 0.481 e. The predicted molar refractivity (Wildman–Crippen MR) is 77.2 cm³/mol. The molecule has 21 heavy (non-hydrogen) atoms. The van der Waals surface area contributed by atoms with Crippen LogP contribution in [0.4, 0.5) is 0 Å². The molecule has 2 aromatic rings. The fourth-order valence-electron chi connectivity index (χ4n) is 2.41. The number of amides is 1. The molecule has 2 aromatic heterocycles. The van der Waals surface area contributed by atoms with Gasteiger partial charge in [-0.1, -0.05) is 11.8 Å². The third-order valence-electron chi connectivity index (χ3n) is 3.35. The molecule has 0 radical (unpaired) electrons. The summed E-state index contributed by atoms with van der Waals surface area (Å²) in [6.45, 7) is 0.515. The average Bonchev–Trinajstić information content (AvgIpc) is 2.84. The molecule has 7 nitrogen and oxygen atoms in total. The highest BCUT2D eigenvalue weighted by Crippen LogP contribution is 2.29. The molecule has 1 fully saturated rings. The van der Waals surface area contributed by atoms with Gasteiger partial charge in [-0.3, -0.25) is 14.2 Å². The Morgan fingerprint density at radius 2 is 2.43 bits per heavy atom. The summed E-state index contributed by atoms with van der Waals surface area (Å²) in [4.78, 5) is 30.9. The maximum atomic E-state index is 11.3.